The third-order valence-corrected chi connectivity index (χ3v) is 5.76. The molecule has 0 aliphatic carbocycles. The van der Waals surface area contributed by atoms with Crippen LogP contribution < -0.4 is 14.8 Å². The molecule has 0 saturated carbocycles. The lowest BCUT2D eigenvalue weighted by atomic mass is 10.2. The zero-order valence-electron chi connectivity index (χ0n) is 16.8. The molecular formula is C21H22BrN3O4S. The summed E-state index contributed by atoms with van der Waals surface area (Å²) in [6.45, 7) is 5.53. The minimum atomic E-state index is -0.450. The molecular weight excluding hydrogens is 470 g/mol. The van der Waals surface area contributed by atoms with Gasteiger partial charge in [-0.1, -0.05) is 45.9 Å². The van der Waals surface area contributed by atoms with E-state index in [9.17, 15) is 9.59 Å². The lowest BCUT2D eigenvalue weighted by molar-refractivity contribution is -0.129. The highest BCUT2D eigenvalue weighted by Crippen LogP contribution is 2.43. The predicted molar refractivity (Wildman–Crippen MR) is 120 cm³/mol. The zero-order valence-corrected chi connectivity index (χ0v) is 19.2. The van der Waals surface area contributed by atoms with E-state index < -0.39 is 5.37 Å². The minimum absolute atomic E-state index is 0.235. The van der Waals surface area contributed by atoms with Crippen molar-refractivity contribution in [2.24, 2.45) is 5.10 Å². The molecule has 30 heavy (non-hydrogen) atoms. The molecule has 0 unspecified atom stereocenters. The lowest BCUT2D eigenvalue weighted by Crippen LogP contribution is -2.25. The number of amidine groups is 1. The Labute approximate surface area is 187 Å². The first-order chi connectivity index (χ1) is 14.3. The highest BCUT2D eigenvalue weighted by molar-refractivity contribution is 9.10. The Balaban J connectivity index is 1.72. The number of thioether (sulfide) groups is 1. The number of rotatable bonds is 6. The van der Waals surface area contributed by atoms with E-state index in [1.165, 1.54) is 30.6 Å². The van der Waals surface area contributed by atoms with Gasteiger partial charge >= 0.3 is 0 Å². The van der Waals surface area contributed by atoms with Crippen molar-refractivity contribution in [1.82, 2.24) is 10.3 Å². The largest absolute Gasteiger partial charge is 0.490 e. The van der Waals surface area contributed by atoms with E-state index in [2.05, 4.69) is 26.3 Å². The maximum atomic E-state index is 12.1. The quantitative estimate of drug-likeness (QED) is 0.611. The van der Waals surface area contributed by atoms with Crippen molar-refractivity contribution in [3.63, 3.8) is 0 Å². The molecule has 0 radical (unpaired) electrons. The van der Waals surface area contributed by atoms with Crippen molar-refractivity contribution in [1.29, 1.82) is 0 Å². The monoisotopic (exact) mass is 491 g/mol. The van der Waals surface area contributed by atoms with Crippen molar-refractivity contribution in [2.75, 3.05) is 13.2 Å². The summed E-state index contributed by atoms with van der Waals surface area (Å²) >= 11 is 4.76. The van der Waals surface area contributed by atoms with Gasteiger partial charge in [-0.25, -0.2) is 5.01 Å². The third-order valence-electron chi connectivity index (χ3n) is 4.18. The van der Waals surface area contributed by atoms with Gasteiger partial charge in [0.1, 0.15) is 30.1 Å². The number of benzene rings is 2. The van der Waals surface area contributed by atoms with Gasteiger partial charge in [0, 0.05) is 23.9 Å². The first-order valence-electron chi connectivity index (χ1n) is 9.28. The van der Waals surface area contributed by atoms with Gasteiger partial charge in [-0.3, -0.25) is 9.59 Å². The number of nitrogens with zero attached hydrogens (tertiary/aromatic N) is 2. The second kappa shape index (κ2) is 9.99. The second-order valence-corrected chi connectivity index (χ2v) is 8.55. The number of amides is 2. The van der Waals surface area contributed by atoms with Gasteiger partial charge in [-0.15, -0.1) is 5.10 Å². The van der Waals surface area contributed by atoms with Crippen LogP contribution in [0.4, 0.5) is 0 Å². The Morgan fingerprint density at radius 1 is 1.13 bits per heavy atom. The first kappa shape index (κ1) is 22.2. The highest BCUT2D eigenvalue weighted by atomic mass is 79.9. The Bertz CT molecular complexity index is 982. The fraction of sp³-hybridized carbons (Fsp3) is 0.286. The van der Waals surface area contributed by atoms with Crippen LogP contribution in [-0.4, -0.2) is 35.2 Å². The molecule has 1 N–H and O–H groups in total. The third kappa shape index (κ3) is 5.54. The fourth-order valence-electron chi connectivity index (χ4n) is 2.83. The molecule has 0 spiro atoms. The van der Waals surface area contributed by atoms with E-state index in [4.69, 9.17) is 9.47 Å². The number of hydrazone groups is 1. The number of aryl methyl sites for hydroxylation is 1. The van der Waals surface area contributed by atoms with Crippen molar-refractivity contribution in [3.8, 4) is 11.5 Å². The average Bonchev–Trinajstić information content (AvgIpc) is 3.10. The molecule has 0 bridgehead atoms. The van der Waals surface area contributed by atoms with E-state index in [0.29, 0.717) is 24.1 Å². The number of halogens is 1. The first-order valence-corrected chi connectivity index (χ1v) is 11.0. The van der Waals surface area contributed by atoms with Crippen LogP contribution in [0.1, 0.15) is 30.3 Å². The lowest BCUT2D eigenvalue weighted by Gasteiger charge is -2.22. The highest BCUT2D eigenvalue weighted by Gasteiger charge is 2.34. The number of ether oxygens (including phenoxy) is 2. The zero-order chi connectivity index (χ0) is 21.7. The molecule has 1 aliphatic heterocycles. The molecule has 0 saturated heterocycles. The second-order valence-electron chi connectivity index (χ2n) is 6.56. The number of nitrogens with one attached hydrogen (secondary N) is 1. The van der Waals surface area contributed by atoms with E-state index in [0.717, 1.165) is 21.3 Å². The molecule has 2 aromatic carbocycles. The van der Waals surface area contributed by atoms with Gasteiger partial charge in [0.2, 0.25) is 11.8 Å². The van der Waals surface area contributed by atoms with Crippen molar-refractivity contribution in [3.05, 3.63) is 58.1 Å². The molecule has 1 atom stereocenters. The summed E-state index contributed by atoms with van der Waals surface area (Å²) in [6, 6.07) is 13.4. The van der Waals surface area contributed by atoms with Crippen molar-refractivity contribution in [2.45, 2.75) is 26.1 Å². The summed E-state index contributed by atoms with van der Waals surface area (Å²) < 4.78 is 12.6. The summed E-state index contributed by atoms with van der Waals surface area (Å²) in [7, 11) is 0. The van der Waals surface area contributed by atoms with E-state index in [1.54, 1.807) is 0 Å². The van der Waals surface area contributed by atoms with Gasteiger partial charge < -0.3 is 14.8 Å². The summed E-state index contributed by atoms with van der Waals surface area (Å²) in [6.07, 6.45) is 0. The van der Waals surface area contributed by atoms with Gasteiger partial charge in [0.05, 0.1) is 0 Å². The van der Waals surface area contributed by atoms with Crippen LogP contribution in [0.2, 0.25) is 0 Å². The maximum absolute atomic E-state index is 12.1. The standard InChI is InChI=1S/C21H22BrN3O4S/c1-13-6-4-5-7-18(13)28-10-11-29-19-9-8-16(22)12-17(19)20-25(15(3)27)24-21(30-20)23-14(2)26/h4-9,12,20H,10-11H2,1-3H3,(H,23,24,26)/t20-/m1/s1. The number of carbonyl (C=O) groups is 2. The van der Waals surface area contributed by atoms with Crippen LogP contribution in [0.25, 0.3) is 0 Å². The van der Waals surface area contributed by atoms with Gasteiger partial charge in [0.25, 0.3) is 0 Å². The number of carbonyl (C=O) groups excluding carboxylic acids is 2. The molecule has 0 fully saturated rings. The normalized spacial score (nSPS) is 15.5. The molecule has 2 aromatic rings. The van der Waals surface area contributed by atoms with E-state index in [1.807, 2.05) is 49.4 Å². The summed E-state index contributed by atoms with van der Waals surface area (Å²) in [4.78, 5) is 23.5. The molecule has 7 nitrogen and oxygen atoms in total. The van der Waals surface area contributed by atoms with Gasteiger partial charge in [-0.05, 0) is 36.8 Å². The smallest absolute Gasteiger partial charge is 0.241 e. The topological polar surface area (TPSA) is 80.2 Å². The summed E-state index contributed by atoms with van der Waals surface area (Å²) in [5.41, 5.74) is 1.83. The maximum Gasteiger partial charge on any atom is 0.241 e. The average molecular weight is 492 g/mol. The molecule has 2 amide bonds. The summed E-state index contributed by atoms with van der Waals surface area (Å²) in [5, 5.41) is 8.15. The Morgan fingerprint density at radius 2 is 1.83 bits per heavy atom. The number of hydrogen-bond donors (Lipinski definition) is 1. The molecule has 1 heterocycles. The molecule has 9 heteroatoms. The van der Waals surface area contributed by atoms with Crippen LogP contribution in [0.15, 0.2) is 52.0 Å². The molecule has 158 valence electrons. The van der Waals surface area contributed by atoms with Crippen molar-refractivity contribution < 1.29 is 19.1 Å². The van der Waals surface area contributed by atoms with Crippen LogP contribution >= 0.6 is 27.7 Å². The molecule has 0 aromatic heterocycles. The Kier molecular flexibility index (Phi) is 7.38. The Morgan fingerprint density at radius 3 is 2.50 bits per heavy atom. The molecule has 1 aliphatic rings. The van der Waals surface area contributed by atoms with Crippen LogP contribution in [0, 0.1) is 6.92 Å². The Hall–Kier alpha value is -2.52. The summed E-state index contributed by atoms with van der Waals surface area (Å²) in [5.74, 6) is 0.959. The SMILES string of the molecule is CC(=O)NC1=NN(C(C)=O)[C@@H](c2cc(Br)ccc2OCCOc2ccccc2C)S1. The van der Waals surface area contributed by atoms with E-state index in [-0.39, 0.29) is 11.8 Å². The van der Waals surface area contributed by atoms with Gasteiger partial charge in [-0.2, -0.15) is 0 Å². The van der Waals surface area contributed by atoms with E-state index >= 15 is 0 Å². The molecule has 3 rings (SSSR count). The van der Waals surface area contributed by atoms with Gasteiger partial charge in [0.15, 0.2) is 5.17 Å². The number of hydrogen-bond acceptors (Lipinski definition) is 6. The van der Waals surface area contributed by atoms with Crippen molar-refractivity contribution >= 4 is 44.7 Å². The minimum Gasteiger partial charge on any atom is -0.490 e. The van der Waals surface area contributed by atoms with Crippen LogP contribution in [0.3, 0.4) is 0 Å². The number of para-hydroxylation sites is 1. The van der Waals surface area contributed by atoms with Crippen LogP contribution in [-0.2, 0) is 9.59 Å². The van der Waals surface area contributed by atoms with Crippen LogP contribution in [0.5, 0.6) is 11.5 Å². The fourth-order valence-corrected chi connectivity index (χ4v) is 4.37. The predicted octanol–water partition coefficient (Wildman–Crippen LogP) is 4.22.